The fourth-order valence-corrected chi connectivity index (χ4v) is 1.75. The van der Waals surface area contributed by atoms with Gasteiger partial charge in [-0.3, -0.25) is 4.98 Å². The highest BCUT2D eigenvalue weighted by atomic mass is 16.5. The topological polar surface area (TPSA) is 72.6 Å². The molecule has 0 bridgehead atoms. The van der Waals surface area contributed by atoms with Crippen LogP contribution in [0.3, 0.4) is 0 Å². The predicted octanol–water partition coefficient (Wildman–Crippen LogP) is 2.52. The van der Waals surface area contributed by atoms with Gasteiger partial charge in [0.05, 0.1) is 12.9 Å². The van der Waals surface area contributed by atoms with E-state index < -0.39 is 5.97 Å². The summed E-state index contributed by atoms with van der Waals surface area (Å²) < 4.78 is 10.3. The molecule has 5 heteroatoms. The molecule has 0 fully saturated rings. The highest BCUT2D eigenvalue weighted by molar-refractivity contribution is 5.85. The van der Waals surface area contributed by atoms with Crippen LogP contribution < -0.4 is 0 Å². The average molecular weight is 261 g/mol. The average Bonchev–Trinajstić information content (AvgIpc) is 2.88. The Labute approximate surface area is 110 Å². The lowest BCUT2D eigenvalue weighted by Gasteiger charge is -2.03. The Morgan fingerprint density at radius 3 is 2.84 bits per heavy atom. The molecule has 19 heavy (non-hydrogen) atoms. The standard InChI is InChI=1S/C14H15NO4/c16-14(17)13-12(5-9-19-13)10-18-8-1-2-11-3-6-15-7-4-11/h3-7,9H,1-2,8,10H2,(H,16,17). The number of pyridine rings is 1. The number of hydrogen-bond donors (Lipinski definition) is 1. The lowest BCUT2D eigenvalue weighted by Crippen LogP contribution is -2.02. The molecule has 0 saturated carbocycles. The van der Waals surface area contributed by atoms with E-state index in [1.54, 1.807) is 18.5 Å². The molecule has 0 aliphatic carbocycles. The summed E-state index contributed by atoms with van der Waals surface area (Å²) >= 11 is 0. The Morgan fingerprint density at radius 1 is 1.32 bits per heavy atom. The van der Waals surface area contributed by atoms with Crippen molar-refractivity contribution in [3.63, 3.8) is 0 Å². The first kappa shape index (κ1) is 13.3. The summed E-state index contributed by atoms with van der Waals surface area (Å²) in [7, 11) is 0. The normalized spacial score (nSPS) is 10.5. The van der Waals surface area contributed by atoms with Gasteiger partial charge in [0.1, 0.15) is 0 Å². The molecular formula is C14H15NO4. The summed E-state index contributed by atoms with van der Waals surface area (Å²) in [6, 6.07) is 5.56. The smallest absolute Gasteiger partial charge is 0.372 e. The number of aromatic nitrogens is 1. The molecule has 2 heterocycles. The monoisotopic (exact) mass is 261 g/mol. The van der Waals surface area contributed by atoms with Gasteiger partial charge in [-0.15, -0.1) is 0 Å². The largest absolute Gasteiger partial charge is 0.475 e. The van der Waals surface area contributed by atoms with E-state index in [2.05, 4.69) is 4.98 Å². The highest BCUT2D eigenvalue weighted by Gasteiger charge is 2.13. The molecule has 100 valence electrons. The maximum atomic E-state index is 10.8. The molecule has 0 aliphatic heterocycles. The maximum absolute atomic E-state index is 10.8. The van der Waals surface area contributed by atoms with Gasteiger partial charge in [-0.2, -0.15) is 0 Å². The molecule has 2 aromatic heterocycles. The molecule has 5 nitrogen and oxygen atoms in total. The van der Waals surface area contributed by atoms with Crippen LogP contribution in [0.1, 0.15) is 28.1 Å². The quantitative estimate of drug-likeness (QED) is 0.775. The maximum Gasteiger partial charge on any atom is 0.372 e. The second-order valence-corrected chi connectivity index (χ2v) is 4.09. The van der Waals surface area contributed by atoms with Gasteiger partial charge < -0.3 is 14.3 Å². The van der Waals surface area contributed by atoms with Crippen LogP contribution in [0.4, 0.5) is 0 Å². The number of rotatable bonds is 7. The van der Waals surface area contributed by atoms with Crippen LogP contribution in [0.5, 0.6) is 0 Å². The van der Waals surface area contributed by atoms with Gasteiger partial charge in [0, 0.05) is 24.6 Å². The van der Waals surface area contributed by atoms with Crippen LogP contribution in [-0.4, -0.2) is 22.7 Å². The van der Waals surface area contributed by atoms with E-state index in [-0.39, 0.29) is 12.4 Å². The molecular weight excluding hydrogens is 246 g/mol. The van der Waals surface area contributed by atoms with E-state index in [9.17, 15) is 4.79 Å². The van der Waals surface area contributed by atoms with Gasteiger partial charge in [-0.05, 0) is 36.6 Å². The number of hydrogen-bond acceptors (Lipinski definition) is 4. The van der Waals surface area contributed by atoms with Crippen molar-refractivity contribution in [1.29, 1.82) is 0 Å². The van der Waals surface area contributed by atoms with Gasteiger partial charge >= 0.3 is 5.97 Å². The second-order valence-electron chi connectivity index (χ2n) is 4.09. The minimum Gasteiger partial charge on any atom is -0.475 e. The molecule has 0 spiro atoms. The molecule has 0 unspecified atom stereocenters. The lowest BCUT2D eigenvalue weighted by atomic mass is 10.1. The van der Waals surface area contributed by atoms with Crippen molar-refractivity contribution in [1.82, 2.24) is 4.98 Å². The van der Waals surface area contributed by atoms with Crippen molar-refractivity contribution in [2.24, 2.45) is 0 Å². The van der Waals surface area contributed by atoms with Crippen LogP contribution in [-0.2, 0) is 17.8 Å². The van der Waals surface area contributed by atoms with Crippen molar-refractivity contribution in [2.45, 2.75) is 19.4 Å². The Hall–Kier alpha value is -2.14. The number of aryl methyl sites for hydroxylation is 1. The minimum absolute atomic E-state index is 0.0471. The summed E-state index contributed by atoms with van der Waals surface area (Å²) in [5.41, 5.74) is 1.78. The Balaban J connectivity index is 1.70. The van der Waals surface area contributed by atoms with Crippen molar-refractivity contribution >= 4 is 5.97 Å². The summed E-state index contributed by atoms with van der Waals surface area (Å²) in [5.74, 6) is -1.12. The summed E-state index contributed by atoms with van der Waals surface area (Å²) in [6.07, 6.45) is 6.69. The third kappa shape index (κ3) is 3.93. The van der Waals surface area contributed by atoms with Gasteiger partial charge in [-0.1, -0.05) is 0 Å². The first-order chi connectivity index (χ1) is 9.27. The second kappa shape index (κ2) is 6.70. The zero-order valence-electron chi connectivity index (χ0n) is 10.4. The highest BCUT2D eigenvalue weighted by Crippen LogP contribution is 2.12. The van der Waals surface area contributed by atoms with E-state index in [1.807, 2.05) is 12.1 Å². The number of ether oxygens (including phenoxy) is 1. The molecule has 1 N–H and O–H groups in total. The molecule has 2 rings (SSSR count). The minimum atomic E-state index is -1.07. The van der Waals surface area contributed by atoms with E-state index >= 15 is 0 Å². The number of aromatic carboxylic acids is 1. The van der Waals surface area contributed by atoms with Gasteiger partial charge in [0.15, 0.2) is 0 Å². The Morgan fingerprint density at radius 2 is 2.11 bits per heavy atom. The number of carboxylic acids is 1. The van der Waals surface area contributed by atoms with Crippen LogP contribution in [0.25, 0.3) is 0 Å². The van der Waals surface area contributed by atoms with Crippen LogP contribution in [0.2, 0.25) is 0 Å². The SMILES string of the molecule is O=C(O)c1occc1COCCCc1ccncc1. The fourth-order valence-electron chi connectivity index (χ4n) is 1.75. The van der Waals surface area contributed by atoms with Crippen molar-refractivity contribution in [3.8, 4) is 0 Å². The van der Waals surface area contributed by atoms with E-state index in [1.165, 1.54) is 11.8 Å². The van der Waals surface area contributed by atoms with Crippen LogP contribution in [0.15, 0.2) is 41.3 Å². The van der Waals surface area contributed by atoms with Gasteiger partial charge in [0.25, 0.3) is 0 Å². The summed E-state index contributed by atoms with van der Waals surface area (Å²) in [6.45, 7) is 0.834. The first-order valence-corrected chi connectivity index (χ1v) is 6.03. The van der Waals surface area contributed by atoms with Gasteiger partial charge in [-0.25, -0.2) is 4.79 Å². The zero-order valence-corrected chi connectivity index (χ0v) is 10.4. The molecule has 0 radical (unpaired) electrons. The molecule has 0 aliphatic rings. The fraction of sp³-hybridized carbons (Fsp3) is 0.286. The summed E-state index contributed by atoms with van der Waals surface area (Å²) in [5, 5.41) is 8.85. The van der Waals surface area contributed by atoms with Crippen LogP contribution in [0, 0.1) is 0 Å². The van der Waals surface area contributed by atoms with E-state index in [0.29, 0.717) is 12.2 Å². The number of carboxylic acid groups (broad SMARTS) is 1. The van der Waals surface area contributed by atoms with Gasteiger partial charge in [0.2, 0.25) is 5.76 Å². The predicted molar refractivity (Wildman–Crippen MR) is 67.9 cm³/mol. The molecule has 0 amide bonds. The number of furan rings is 1. The van der Waals surface area contributed by atoms with Crippen molar-refractivity contribution < 1.29 is 19.1 Å². The number of nitrogens with zero attached hydrogens (tertiary/aromatic N) is 1. The van der Waals surface area contributed by atoms with Crippen molar-refractivity contribution in [2.75, 3.05) is 6.61 Å². The molecule has 0 saturated heterocycles. The van der Waals surface area contributed by atoms with E-state index in [0.717, 1.165) is 12.8 Å². The molecule has 2 aromatic rings. The number of carbonyl (C=O) groups is 1. The third-order valence-corrected chi connectivity index (χ3v) is 2.70. The Kier molecular flexibility index (Phi) is 4.69. The third-order valence-electron chi connectivity index (χ3n) is 2.70. The zero-order chi connectivity index (χ0) is 13.5. The van der Waals surface area contributed by atoms with Crippen LogP contribution >= 0.6 is 0 Å². The first-order valence-electron chi connectivity index (χ1n) is 6.03. The molecule has 0 aromatic carbocycles. The Bertz CT molecular complexity index is 521. The molecule has 0 atom stereocenters. The lowest BCUT2D eigenvalue weighted by molar-refractivity contribution is 0.0649. The van der Waals surface area contributed by atoms with Crippen molar-refractivity contribution in [3.05, 3.63) is 53.7 Å². The van der Waals surface area contributed by atoms with E-state index in [4.69, 9.17) is 14.3 Å². The summed E-state index contributed by atoms with van der Waals surface area (Å²) in [4.78, 5) is 14.8.